The van der Waals surface area contributed by atoms with Gasteiger partial charge in [-0.1, -0.05) is 182 Å². The molecule has 0 radical (unpaired) electrons. The fraction of sp³-hybridized carbons (Fsp3) is 0. The van der Waals surface area contributed by atoms with Gasteiger partial charge in [0.15, 0.2) is 0 Å². The van der Waals surface area contributed by atoms with E-state index in [0.717, 1.165) is 61.3 Å². The van der Waals surface area contributed by atoms with Crippen molar-refractivity contribution in [3.63, 3.8) is 0 Å². The van der Waals surface area contributed by atoms with Gasteiger partial charge in [-0.25, -0.2) is 0 Å². The van der Waals surface area contributed by atoms with Gasteiger partial charge in [-0.2, -0.15) is 0 Å². The summed E-state index contributed by atoms with van der Waals surface area (Å²) < 4.78 is 6.71. The van der Waals surface area contributed by atoms with Crippen molar-refractivity contribution in [1.29, 1.82) is 0 Å². The molecule has 13 aromatic rings. The van der Waals surface area contributed by atoms with E-state index in [4.69, 9.17) is 4.42 Å². The third-order valence-corrected chi connectivity index (χ3v) is 12.7. The van der Waals surface area contributed by atoms with Crippen LogP contribution in [0.5, 0.6) is 0 Å². The van der Waals surface area contributed by atoms with Gasteiger partial charge in [0.1, 0.15) is 11.2 Å². The first-order valence-corrected chi connectivity index (χ1v) is 20.7. The van der Waals surface area contributed by atoms with E-state index in [2.05, 4.69) is 211 Å². The average Bonchev–Trinajstić information content (AvgIpc) is 3.70. The summed E-state index contributed by atoms with van der Waals surface area (Å²) in [6.07, 6.45) is 0. The molecule has 0 aliphatic carbocycles. The summed E-state index contributed by atoms with van der Waals surface area (Å²) in [5.41, 5.74) is 9.49. The summed E-state index contributed by atoms with van der Waals surface area (Å²) in [4.78, 5) is 2.48. The van der Waals surface area contributed by atoms with Crippen molar-refractivity contribution in [3.8, 4) is 22.3 Å². The predicted octanol–water partition coefficient (Wildman–Crippen LogP) is 16.7. The standard InChI is InChI=1S/C58H35NO/c1-2-14-36(15-3-1)42-19-4-7-27-51(42)59(52-28-8-5-20-43(52)48-25-13-26-49-44-21-6-9-29-53(44)60-58(48)49)41-34-40-33-32-39-17-11-23-46-45-22-10-16-37-30-31-38-18-12-24-47(56(38)54(37)45)50(35-41)57(40)55(39)46/h1-35H. The maximum Gasteiger partial charge on any atom is 0.143 e. The first-order valence-electron chi connectivity index (χ1n) is 20.7. The molecule has 0 saturated heterocycles. The minimum atomic E-state index is 0.890. The van der Waals surface area contributed by atoms with Crippen LogP contribution in [-0.2, 0) is 0 Å². The predicted molar refractivity (Wildman–Crippen MR) is 255 cm³/mol. The lowest BCUT2D eigenvalue weighted by atomic mass is 9.87. The SMILES string of the molecule is c1ccc(-c2ccccc2N(c2cc3ccc4cccc5c6cccc7ccc8cccc(c(c2)c3c45)c8c76)c2ccccc2-c2cccc3c2oc2ccccc23)cc1. The van der Waals surface area contributed by atoms with Gasteiger partial charge in [0.05, 0.1) is 11.4 Å². The van der Waals surface area contributed by atoms with Crippen LogP contribution in [0.3, 0.4) is 0 Å². The van der Waals surface area contributed by atoms with Crippen molar-refractivity contribution in [2.45, 2.75) is 0 Å². The minimum absolute atomic E-state index is 0.890. The molecule has 13 rings (SSSR count). The summed E-state index contributed by atoms with van der Waals surface area (Å²) in [6.45, 7) is 0. The van der Waals surface area contributed by atoms with Gasteiger partial charge in [0.2, 0.25) is 0 Å². The van der Waals surface area contributed by atoms with Crippen molar-refractivity contribution in [3.05, 3.63) is 212 Å². The van der Waals surface area contributed by atoms with Gasteiger partial charge < -0.3 is 9.32 Å². The van der Waals surface area contributed by atoms with Crippen molar-refractivity contribution in [2.75, 3.05) is 4.90 Å². The van der Waals surface area contributed by atoms with E-state index >= 15 is 0 Å². The molecule has 0 unspecified atom stereocenters. The molecule has 278 valence electrons. The zero-order valence-electron chi connectivity index (χ0n) is 32.6. The van der Waals surface area contributed by atoms with Gasteiger partial charge >= 0.3 is 0 Å². The van der Waals surface area contributed by atoms with Crippen LogP contribution < -0.4 is 4.90 Å². The molecule has 0 fully saturated rings. The maximum atomic E-state index is 6.71. The molecular weight excluding hydrogens is 727 g/mol. The Morgan fingerprint density at radius 1 is 0.300 bits per heavy atom. The highest BCUT2D eigenvalue weighted by Crippen LogP contribution is 2.50. The Bertz CT molecular complexity index is 3830. The zero-order chi connectivity index (χ0) is 39.3. The highest BCUT2D eigenvalue weighted by molar-refractivity contribution is 6.37. The van der Waals surface area contributed by atoms with Crippen molar-refractivity contribution < 1.29 is 4.42 Å². The van der Waals surface area contributed by atoms with Gasteiger partial charge in [-0.15, -0.1) is 0 Å². The highest BCUT2D eigenvalue weighted by atomic mass is 16.3. The molecular formula is C58H35NO. The van der Waals surface area contributed by atoms with Gasteiger partial charge in [0.25, 0.3) is 0 Å². The van der Waals surface area contributed by atoms with E-state index in [-0.39, 0.29) is 0 Å². The van der Waals surface area contributed by atoms with E-state index < -0.39 is 0 Å². The topological polar surface area (TPSA) is 16.4 Å². The second-order valence-electron chi connectivity index (χ2n) is 15.9. The Kier molecular flexibility index (Phi) is 7.05. The van der Waals surface area contributed by atoms with Crippen LogP contribution in [0, 0.1) is 0 Å². The van der Waals surface area contributed by atoms with Gasteiger partial charge in [-0.05, 0) is 101 Å². The van der Waals surface area contributed by atoms with Crippen molar-refractivity contribution in [2.24, 2.45) is 0 Å². The second kappa shape index (κ2) is 12.8. The summed E-state index contributed by atoms with van der Waals surface area (Å²) in [7, 11) is 0. The number of hydrogen-bond acceptors (Lipinski definition) is 2. The fourth-order valence-corrected chi connectivity index (χ4v) is 10.2. The Morgan fingerprint density at radius 3 is 1.48 bits per heavy atom. The molecule has 1 heterocycles. The molecule has 0 spiro atoms. The fourth-order valence-electron chi connectivity index (χ4n) is 10.2. The van der Waals surface area contributed by atoms with Crippen LogP contribution in [0.15, 0.2) is 217 Å². The first-order chi connectivity index (χ1) is 29.8. The normalized spacial score (nSPS) is 12.0. The molecule has 1 aromatic heterocycles. The Balaban J connectivity index is 1.20. The third-order valence-electron chi connectivity index (χ3n) is 12.7. The number of furan rings is 1. The van der Waals surface area contributed by atoms with E-state index in [0.29, 0.717) is 0 Å². The number of para-hydroxylation sites is 4. The number of hydrogen-bond donors (Lipinski definition) is 0. The number of anilines is 3. The number of nitrogens with zero attached hydrogens (tertiary/aromatic N) is 1. The Hall–Kier alpha value is -7.94. The van der Waals surface area contributed by atoms with Crippen LogP contribution in [0.4, 0.5) is 17.1 Å². The monoisotopic (exact) mass is 761 g/mol. The lowest BCUT2D eigenvalue weighted by Crippen LogP contribution is -2.12. The van der Waals surface area contributed by atoms with E-state index in [1.54, 1.807) is 0 Å². The Morgan fingerprint density at radius 2 is 0.783 bits per heavy atom. The number of benzene rings is 11. The molecule has 12 aromatic carbocycles. The molecule has 2 heteroatoms. The van der Waals surface area contributed by atoms with Crippen LogP contribution in [0.25, 0.3) is 109 Å². The summed E-state index contributed by atoms with van der Waals surface area (Å²) in [5.74, 6) is 0. The molecule has 0 N–H and O–H groups in total. The summed E-state index contributed by atoms with van der Waals surface area (Å²) >= 11 is 0. The third kappa shape index (κ3) is 4.76. The molecule has 60 heavy (non-hydrogen) atoms. The molecule has 0 aliphatic heterocycles. The Labute approximate surface area is 346 Å². The van der Waals surface area contributed by atoms with Crippen molar-refractivity contribution in [1.82, 2.24) is 0 Å². The highest BCUT2D eigenvalue weighted by Gasteiger charge is 2.24. The quantitative estimate of drug-likeness (QED) is 0.162. The van der Waals surface area contributed by atoms with Crippen LogP contribution in [0.1, 0.15) is 0 Å². The smallest absolute Gasteiger partial charge is 0.143 e. The number of rotatable bonds is 5. The van der Waals surface area contributed by atoms with Gasteiger partial charge in [-0.3, -0.25) is 0 Å². The second-order valence-corrected chi connectivity index (χ2v) is 15.9. The summed E-state index contributed by atoms with van der Waals surface area (Å²) in [6, 6.07) is 77.8. The van der Waals surface area contributed by atoms with E-state index in [9.17, 15) is 0 Å². The van der Waals surface area contributed by atoms with Crippen LogP contribution in [0.2, 0.25) is 0 Å². The molecule has 0 atom stereocenters. The molecule has 0 bridgehead atoms. The maximum absolute atomic E-state index is 6.71. The lowest BCUT2D eigenvalue weighted by molar-refractivity contribution is 0.670. The summed E-state index contributed by atoms with van der Waals surface area (Å²) in [5, 5.41) is 17.4. The molecule has 0 amide bonds. The van der Waals surface area contributed by atoms with Gasteiger partial charge in [0, 0.05) is 33.2 Å². The lowest BCUT2D eigenvalue weighted by Gasteiger charge is -2.30. The molecule has 0 saturated carbocycles. The van der Waals surface area contributed by atoms with E-state index in [1.165, 1.54) is 64.6 Å². The van der Waals surface area contributed by atoms with Crippen LogP contribution in [-0.4, -0.2) is 0 Å². The zero-order valence-corrected chi connectivity index (χ0v) is 32.6. The average molecular weight is 762 g/mol. The van der Waals surface area contributed by atoms with Crippen LogP contribution >= 0.6 is 0 Å². The molecule has 2 nitrogen and oxygen atoms in total. The largest absolute Gasteiger partial charge is 0.455 e. The molecule has 0 aliphatic rings. The van der Waals surface area contributed by atoms with Crippen molar-refractivity contribution >= 4 is 104 Å². The van der Waals surface area contributed by atoms with E-state index in [1.807, 2.05) is 6.07 Å². The number of fused-ring (bicyclic) bond motifs is 5. The minimum Gasteiger partial charge on any atom is -0.455 e. The first kappa shape index (κ1) is 33.1.